The van der Waals surface area contributed by atoms with Gasteiger partial charge in [0, 0.05) is 18.6 Å². The van der Waals surface area contributed by atoms with E-state index in [1.807, 2.05) is 0 Å². The van der Waals surface area contributed by atoms with E-state index in [4.69, 9.17) is 9.47 Å². The average molecular weight is 373 g/mol. The molecule has 1 aliphatic heterocycles. The van der Waals surface area contributed by atoms with Gasteiger partial charge >= 0.3 is 0 Å². The van der Waals surface area contributed by atoms with Gasteiger partial charge in [0.15, 0.2) is 5.82 Å². The summed E-state index contributed by atoms with van der Waals surface area (Å²) in [5, 5.41) is 20.3. The van der Waals surface area contributed by atoms with Gasteiger partial charge in [-0.1, -0.05) is 6.07 Å². The van der Waals surface area contributed by atoms with Gasteiger partial charge in [-0.05, 0) is 22.6 Å². The third kappa shape index (κ3) is 3.92. The van der Waals surface area contributed by atoms with E-state index in [1.54, 1.807) is 12.1 Å². The minimum atomic E-state index is -0.394. The van der Waals surface area contributed by atoms with Crippen molar-refractivity contribution in [3.63, 3.8) is 0 Å². The normalized spacial score (nSPS) is 19.6. The van der Waals surface area contributed by atoms with Gasteiger partial charge in [-0.15, -0.1) is 5.10 Å². The molecule has 0 bridgehead atoms. The van der Waals surface area contributed by atoms with Gasteiger partial charge in [-0.25, -0.2) is 4.39 Å². The average Bonchev–Trinajstić information content (AvgIpc) is 3.35. The van der Waals surface area contributed by atoms with Crippen molar-refractivity contribution in [2.45, 2.75) is 18.6 Å². The highest BCUT2D eigenvalue weighted by Gasteiger charge is 2.30. The van der Waals surface area contributed by atoms with E-state index in [-0.39, 0.29) is 23.5 Å². The summed E-state index contributed by atoms with van der Waals surface area (Å²) in [6.07, 6.45) is 1.60. The van der Waals surface area contributed by atoms with Crippen molar-refractivity contribution in [3.8, 4) is 11.6 Å². The van der Waals surface area contributed by atoms with Gasteiger partial charge < -0.3 is 14.8 Å². The third-order valence-electron chi connectivity index (χ3n) is 4.09. The number of hydrogen-bond donors (Lipinski definition) is 2. The highest BCUT2D eigenvalue weighted by Crippen LogP contribution is 2.19. The lowest BCUT2D eigenvalue weighted by Gasteiger charge is -2.32. The minimum Gasteiger partial charge on any atom is -0.488 e. The summed E-state index contributed by atoms with van der Waals surface area (Å²) in [5.41, 5.74) is 0.246. The molecule has 2 atom stereocenters. The van der Waals surface area contributed by atoms with Gasteiger partial charge in [0.2, 0.25) is 0 Å². The number of benzene rings is 1. The van der Waals surface area contributed by atoms with Gasteiger partial charge in [0.05, 0.1) is 19.3 Å². The molecule has 0 radical (unpaired) electrons. The SMILES string of the molecule is O=C(N[C@@H]1COCC[C@@H]1Oc1cccc(F)c1)c1cc(-n2cnnn2)n[nH]1. The second-order valence-electron chi connectivity index (χ2n) is 5.95. The molecular weight excluding hydrogens is 357 g/mol. The lowest BCUT2D eigenvalue weighted by Crippen LogP contribution is -2.51. The van der Waals surface area contributed by atoms with Crippen molar-refractivity contribution in [1.82, 2.24) is 35.7 Å². The Morgan fingerprint density at radius 1 is 1.41 bits per heavy atom. The number of ether oxygens (including phenoxy) is 2. The predicted molar refractivity (Wildman–Crippen MR) is 88.8 cm³/mol. The Morgan fingerprint density at radius 2 is 2.33 bits per heavy atom. The number of rotatable bonds is 5. The molecule has 0 spiro atoms. The van der Waals surface area contributed by atoms with E-state index in [9.17, 15) is 9.18 Å². The lowest BCUT2D eigenvalue weighted by atomic mass is 10.1. The van der Waals surface area contributed by atoms with Gasteiger partial charge in [-0.3, -0.25) is 9.89 Å². The molecule has 3 heterocycles. The molecule has 1 aromatic carbocycles. The fourth-order valence-corrected chi connectivity index (χ4v) is 2.77. The zero-order valence-electron chi connectivity index (χ0n) is 14.1. The molecule has 10 nitrogen and oxygen atoms in total. The van der Waals surface area contributed by atoms with Crippen LogP contribution < -0.4 is 10.1 Å². The fourth-order valence-electron chi connectivity index (χ4n) is 2.77. The van der Waals surface area contributed by atoms with Crippen molar-refractivity contribution in [2.24, 2.45) is 0 Å². The van der Waals surface area contributed by atoms with E-state index in [0.717, 1.165) is 0 Å². The van der Waals surface area contributed by atoms with Gasteiger partial charge in [0.25, 0.3) is 5.91 Å². The number of carbonyl (C=O) groups is 1. The van der Waals surface area contributed by atoms with E-state index >= 15 is 0 Å². The molecule has 1 saturated heterocycles. The molecule has 4 rings (SSSR count). The van der Waals surface area contributed by atoms with Crippen LogP contribution in [0.2, 0.25) is 0 Å². The van der Waals surface area contributed by atoms with Crippen molar-refractivity contribution >= 4 is 5.91 Å². The topological polar surface area (TPSA) is 120 Å². The Morgan fingerprint density at radius 3 is 3.15 bits per heavy atom. The van der Waals surface area contributed by atoms with E-state index in [0.29, 0.717) is 31.2 Å². The summed E-state index contributed by atoms with van der Waals surface area (Å²) in [6.45, 7) is 0.791. The molecule has 0 saturated carbocycles. The zero-order chi connectivity index (χ0) is 18.6. The molecule has 1 amide bonds. The Kier molecular flexibility index (Phi) is 4.75. The maximum Gasteiger partial charge on any atom is 0.269 e. The first-order valence-corrected chi connectivity index (χ1v) is 8.28. The summed E-state index contributed by atoms with van der Waals surface area (Å²) in [4.78, 5) is 12.5. The lowest BCUT2D eigenvalue weighted by molar-refractivity contribution is -0.00304. The van der Waals surface area contributed by atoms with Gasteiger partial charge in [-0.2, -0.15) is 9.78 Å². The van der Waals surface area contributed by atoms with Crippen LogP contribution in [0.1, 0.15) is 16.9 Å². The van der Waals surface area contributed by atoms with Crippen LogP contribution in [0.5, 0.6) is 5.75 Å². The number of carbonyl (C=O) groups excluding carboxylic acids is 1. The van der Waals surface area contributed by atoms with Gasteiger partial charge in [0.1, 0.15) is 29.7 Å². The van der Waals surface area contributed by atoms with Crippen LogP contribution in [-0.4, -0.2) is 61.7 Å². The third-order valence-corrected chi connectivity index (χ3v) is 4.09. The van der Waals surface area contributed by atoms with Crippen LogP contribution >= 0.6 is 0 Å². The Bertz CT molecular complexity index is 914. The van der Waals surface area contributed by atoms with Crippen molar-refractivity contribution in [2.75, 3.05) is 13.2 Å². The van der Waals surface area contributed by atoms with E-state index < -0.39 is 6.04 Å². The number of H-pyrrole nitrogens is 1. The van der Waals surface area contributed by atoms with E-state index in [2.05, 4.69) is 31.0 Å². The fraction of sp³-hybridized carbons (Fsp3) is 0.312. The molecule has 1 aliphatic rings. The molecule has 27 heavy (non-hydrogen) atoms. The standard InChI is InChI=1S/C16H16FN7O3/c17-10-2-1-3-11(6-10)27-14-4-5-26-8-13(14)19-16(25)12-7-15(21-20-12)24-9-18-22-23-24/h1-3,6-7,9,13-14H,4-5,8H2,(H,19,25)(H,20,21)/t13-,14+/m1/s1. The summed E-state index contributed by atoms with van der Waals surface area (Å²) >= 11 is 0. The molecule has 1 fully saturated rings. The number of tetrazole rings is 1. The van der Waals surface area contributed by atoms with Crippen molar-refractivity contribution < 1.29 is 18.7 Å². The highest BCUT2D eigenvalue weighted by molar-refractivity contribution is 5.92. The van der Waals surface area contributed by atoms with Crippen molar-refractivity contribution in [3.05, 3.63) is 48.2 Å². The summed E-state index contributed by atoms with van der Waals surface area (Å²) in [6, 6.07) is 7.03. The molecule has 3 aromatic rings. The largest absolute Gasteiger partial charge is 0.488 e. The number of nitrogens with zero attached hydrogens (tertiary/aromatic N) is 5. The first kappa shape index (κ1) is 17.1. The monoisotopic (exact) mass is 373 g/mol. The molecule has 0 unspecified atom stereocenters. The van der Waals surface area contributed by atoms with Crippen LogP contribution in [0.25, 0.3) is 5.82 Å². The molecule has 140 valence electrons. The number of hydrogen-bond acceptors (Lipinski definition) is 7. The highest BCUT2D eigenvalue weighted by atomic mass is 19.1. The number of aromatic amines is 1. The molecule has 2 aromatic heterocycles. The number of nitrogens with one attached hydrogen (secondary N) is 2. The second-order valence-corrected chi connectivity index (χ2v) is 5.95. The number of aromatic nitrogens is 6. The summed E-state index contributed by atoms with van der Waals surface area (Å²) in [5.74, 6) is 0.0409. The minimum absolute atomic E-state index is 0.246. The Labute approximate surface area is 152 Å². The first-order chi connectivity index (χ1) is 13.2. The van der Waals surface area contributed by atoms with Crippen molar-refractivity contribution in [1.29, 1.82) is 0 Å². The maximum atomic E-state index is 13.4. The predicted octanol–water partition coefficient (Wildman–Crippen LogP) is 0.491. The van der Waals surface area contributed by atoms with Crippen LogP contribution in [0.3, 0.4) is 0 Å². The summed E-state index contributed by atoms with van der Waals surface area (Å²) in [7, 11) is 0. The van der Waals surface area contributed by atoms with Crippen LogP contribution in [0, 0.1) is 5.82 Å². The first-order valence-electron chi connectivity index (χ1n) is 8.28. The van der Waals surface area contributed by atoms with Crippen LogP contribution in [-0.2, 0) is 4.74 Å². The Hall–Kier alpha value is -3.34. The van der Waals surface area contributed by atoms with Crippen LogP contribution in [0.4, 0.5) is 4.39 Å². The molecule has 11 heteroatoms. The number of amides is 1. The number of halogens is 1. The van der Waals surface area contributed by atoms with E-state index in [1.165, 1.54) is 29.2 Å². The second kappa shape index (κ2) is 7.50. The summed E-state index contributed by atoms with van der Waals surface area (Å²) < 4.78 is 26.0. The smallest absolute Gasteiger partial charge is 0.269 e. The molecule has 0 aliphatic carbocycles. The Balaban J connectivity index is 1.44. The maximum absolute atomic E-state index is 13.4. The zero-order valence-corrected chi connectivity index (χ0v) is 14.1. The molecular formula is C16H16FN7O3. The quantitative estimate of drug-likeness (QED) is 0.668. The van der Waals surface area contributed by atoms with Crippen LogP contribution in [0.15, 0.2) is 36.7 Å². The molecule has 2 N–H and O–H groups in total.